The number of ether oxygens (including phenoxy) is 2. The van der Waals surface area contributed by atoms with E-state index in [0.717, 1.165) is 5.56 Å². The van der Waals surface area contributed by atoms with Crippen LogP contribution < -0.4 is 14.8 Å². The Morgan fingerprint density at radius 1 is 1.00 bits per heavy atom. The Morgan fingerprint density at radius 3 is 2.07 bits per heavy atom. The second kappa shape index (κ2) is 10.1. The van der Waals surface area contributed by atoms with Gasteiger partial charge in [0.2, 0.25) is 0 Å². The second-order valence-electron chi connectivity index (χ2n) is 6.86. The van der Waals surface area contributed by atoms with Gasteiger partial charge in [0.25, 0.3) is 0 Å². The fourth-order valence-electron chi connectivity index (χ4n) is 3.10. The minimum Gasteiger partial charge on any atom is -0.496 e. The van der Waals surface area contributed by atoms with E-state index in [2.05, 4.69) is 0 Å². The van der Waals surface area contributed by atoms with E-state index in [4.69, 9.17) is 9.47 Å². The molecule has 1 amide bonds. The van der Waals surface area contributed by atoms with Crippen molar-refractivity contribution in [2.24, 2.45) is 0 Å². The zero-order chi connectivity index (χ0) is 22.3. The van der Waals surface area contributed by atoms with E-state index >= 15 is 0 Å². The molecule has 2 rings (SSSR count). The van der Waals surface area contributed by atoms with E-state index in [1.165, 1.54) is 21.1 Å². The largest absolute Gasteiger partial charge is 0.496 e. The number of methoxy groups -OCH3 is 2. The zero-order valence-corrected chi connectivity index (χ0v) is 17.0. The molecule has 1 atom stereocenters. The molecule has 0 radical (unpaired) electrons. The topological polar surface area (TPSA) is 64.6 Å². The number of carbonyl (C=O) groups is 2. The van der Waals surface area contributed by atoms with E-state index in [0.29, 0.717) is 12.0 Å². The van der Waals surface area contributed by atoms with Gasteiger partial charge in [-0.2, -0.15) is 13.2 Å². The molecule has 0 aromatic heterocycles. The smallest absolute Gasteiger partial charge is 0.471 e. The molecule has 30 heavy (non-hydrogen) atoms. The predicted molar refractivity (Wildman–Crippen MR) is 106 cm³/mol. The molecule has 1 unspecified atom stereocenters. The molecule has 0 saturated carbocycles. The lowest BCUT2D eigenvalue weighted by Crippen LogP contribution is -2.42. The second-order valence-corrected chi connectivity index (χ2v) is 6.86. The lowest BCUT2D eigenvalue weighted by Gasteiger charge is -2.18. The summed E-state index contributed by atoms with van der Waals surface area (Å²) in [6.45, 7) is 1.46. The van der Waals surface area contributed by atoms with Gasteiger partial charge in [0, 0.05) is 12.5 Å². The van der Waals surface area contributed by atoms with Crippen LogP contribution in [0.3, 0.4) is 0 Å². The molecule has 0 fully saturated rings. The molecule has 162 valence electrons. The molecule has 2 aromatic rings. The summed E-state index contributed by atoms with van der Waals surface area (Å²) in [4.78, 5) is 23.9. The summed E-state index contributed by atoms with van der Waals surface area (Å²) in [6.07, 6.45) is -4.05. The zero-order valence-electron chi connectivity index (χ0n) is 17.0. The van der Waals surface area contributed by atoms with Crippen LogP contribution in [-0.2, 0) is 17.6 Å². The Hall–Kier alpha value is -3.03. The SMILES string of the molecule is COc1cc(CC(C)NC(=O)C(F)(F)F)cc(OC)c1C(=O)CCc1ccccc1. The standard InChI is InChI=1S/C22H24F3NO4/c1-14(26-21(28)22(23,24)25)11-16-12-18(29-2)20(19(13-16)30-3)17(27)10-9-15-7-5-4-6-8-15/h4-8,12-14H,9-11H2,1-3H3,(H,26,28). The number of benzene rings is 2. The van der Waals surface area contributed by atoms with Gasteiger partial charge in [-0.3, -0.25) is 9.59 Å². The molecule has 0 aliphatic rings. The molecule has 0 aliphatic carbocycles. The molecule has 8 heteroatoms. The van der Waals surface area contributed by atoms with Crippen LogP contribution in [0.2, 0.25) is 0 Å². The molecule has 0 saturated heterocycles. The van der Waals surface area contributed by atoms with Crippen molar-refractivity contribution in [3.05, 3.63) is 59.2 Å². The first kappa shape index (κ1) is 23.3. The van der Waals surface area contributed by atoms with E-state index < -0.39 is 18.1 Å². The van der Waals surface area contributed by atoms with Crippen molar-refractivity contribution in [2.75, 3.05) is 14.2 Å². The van der Waals surface area contributed by atoms with Crippen LogP contribution in [0.15, 0.2) is 42.5 Å². The Bertz CT molecular complexity index is 857. The minimum absolute atomic E-state index is 0.104. The lowest BCUT2D eigenvalue weighted by atomic mass is 9.97. The number of nitrogens with one attached hydrogen (secondary N) is 1. The Labute approximate surface area is 173 Å². The van der Waals surface area contributed by atoms with Crippen LogP contribution >= 0.6 is 0 Å². The number of Topliss-reactive ketones (excluding diaryl/α,β-unsaturated/α-hetero) is 1. The first-order valence-electron chi connectivity index (χ1n) is 9.35. The Kier molecular flexibility index (Phi) is 7.86. The number of carbonyl (C=O) groups excluding carboxylic acids is 2. The maximum absolute atomic E-state index is 12.8. The van der Waals surface area contributed by atoms with Crippen molar-refractivity contribution in [1.29, 1.82) is 0 Å². The van der Waals surface area contributed by atoms with E-state index in [1.807, 2.05) is 35.6 Å². The van der Waals surface area contributed by atoms with Gasteiger partial charge in [-0.1, -0.05) is 30.3 Å². The average Bonchev–Trinajstić information content (AvgIpc) is 2.71. The summed E-state index contributed by atoms with van der Waals surface area (Å²) < 4.78 is 48.0. The molecular formula is C22H24F3NO4. The third-order valence-corrected chi connectivity index (χ3v) is 4.50. The van der Waals surface area contributed by atoms with Crippen molar-refractivity contribution >= 4 is 11.7 Å². The number of ketones is 1. The third kappa shape index (κ3) is 6.23. The van der Waals surface area contributed by atoms with E-state index in [1.54, 1.807) is 12.1 Å². The number of hydrogen-bond donors (Lipinski definition) is 1. The summed E-state index contributed by atoms with van der Waals surface area (Å²) in [6, 6.07) is 11.9. The van der Waals surface area contributed by atoms with Gasteiger partial charge in [-0.05, 0) is 43.0 Å². The van der Waals surface area contributed by atoms with Crippen LogP contribution in [0.1, 0.15) is 34.8 Å². The van der Waals surface area contributed by atoms with Crippen LogP contribution in [0.25, 0.3) is 0 Å². The first-order chi connectivity index (χ1) is 14.2. The minimum atomic E-state index is -4.95. The van der Waals surface area contributed by atoms with Gasteiger partial charge in [-0.15, -0.1) is 0 Å². The average molecular weight is 423 g/mol. The van der Waals surface area contributed by atoms with Crippen molar-refractivity contribution in [3.63, 3.8) is 0 Å². The van der Waals surface area contributed by atoms with Gasteiger partial charge in [0.1, 0.15) is 17.1 Å². The molecular weight excluding hydrogens is 399 g/mol. The van der Waals surface area contributed by atoms with Crippen molar-refractivity contribution in [1.82, 2.24) is 5.32 Å². The molecule has 2 aromatic carbocycles. The molecule has 1 N–H and O–H groups in total. The molecule has 5 nitrogen and oxygen atoms in total. The van der Waals surface area contributed by atoms with Gasteiger partial charge in [0.05, 0.1) is 14.2 Å². The lowest BCUT2D eigenvalue weighted by molar-refractivity contribution is -0.174. The fourth-order valence-corrected chi connectivity index (χ4v) is 3.10. The highest BCUT2D eigenvalue weighted by Crippen LogP contribution is 2.32. The molecule has 0 spiro atoms. The monoisotopic (exact) mass is 423 g/mol. The first-order valence-corrected chi connectivity index (χ1v) is 9.35. The molecule has 0 aliphatic heterocycles. The molecule has 0 bridgehead atoms. The fraction of sp³-hybridized carbons (Fsp3) is 0.364. The van der Waals surface area contributed by atoms with Crippen LogP contribution in [0.4, 0.5) is 13.2 Å². The maximum Gasteiger partial charge on any atom is 0.471 e. The normalized spacial score (nSPS) is 12.2. The Morgan fingerprint density at radius 2 is 1.57 bits per heavy atom. The number of rotatable bonds is 9. The quantitative estimate of drug-likeness (QED) is 0.616. The number of hydrogen-bond acceptors (Lipinski definition) is 4. The summed E-state index contributed by atoms with van der Waals surface area (Å²) >= 11 is 0. The van der Waals surface area contributed by atoms with Gasteiger partial charge >= 0.3 is 12.1 Å². The number of aryl methyl sites for hydroxylation is 1. The third-order valence-electron chi connectivity index (χ3n) is 4.50. The summed E-state index contributed by atoms with van der Waals surface area (Å²) in [5.41, 5.74) is 1.87. The predicted octanol–water partition coefficient (Wildman–Crippen LogP) is 4.13. The number of halogens is 3. The highest BCUT2D eigenvalue weighted by atomic mass is 19.4. The van der Waals surface area contributed by atoms with E-state index in [9.17, 15) is 22.8 Å². The van der Waals surface area contributed by atoms with Gasteiger partial charge < -0.3 is 14.8 Å². The Balaban J connectivity index is 2.18. The molecule has 0 heterocycles. The van der Waals surface area contributed by atoms with Crippen LogP contribution in [-0.4, -0.2) is 38.1 Å². The highest BCUT2D eigenvalue weighted by Gasteiger charge is 2.39. The van der Waals surface area contributed by atoms with Crippen LogP contribution in [0.5, 0.6) is 11.5 Å². The van der Waals surface area contributed by atoms with Crippen molar-refractivity contribution in [2.45, 2.75) is 38.4 Å². The van der Waals surface area contributed by atoms with Gasteiger partial charge in [-0.25, -0.2) is 0 Å². The van der Waals surface area contributed by atoms with Crippen molar-refractivity contribution in [3.8, 4) is 11.5 Å². The number of amides is 1. The maximum atomic E-state index is 12.8. The highest BCUT2D eigenvalue weighted by molar-refractivity contribution is 6.01. The summed E-state index contributed by atoms with van der Waals surface area (Å²) in [5.74, 6) is -1.62. The van der Waals surface area contributed by atoms with Crippen LogP contribution in [0, 0.1) is 0 Å². The van der Waals surface area contributed by atoms with Gasteiger partial charge in [0.15, 0.2) is 5.78 Å². The van der Waals surface area contributed by atoms with Crippen molar-refractivity contribution < 1.29 is 32.2 Å². The van der Waals surface area contributed by atoms with E-state index in [-0.39, 0.29) is 35.7 Å². The number of alkyl halides is 3. The summed E-state index contributed by atoms with van der Waals surface area (Å²) in [5, 5.41) is 1.91. The summed E-state index contributed by atoms with van der Waals surface area (Å²) in [7, 11) is 2.81.